The molecule has 0 radical (unpaired) electrons. The Morgan fingerprint density at radius 1 is 0.968 bits per heavy atom. The van der Waals surface area contributed by atoms with E-state index >= 15 is 0 Å². The number of aromatic nitrogens is 2. The molecule has 1 fully saturated rings. The van der Waals surface area contributed by atoms with Crippen LogP contribution in [0, 0.1) is 11.7 Å². The molecule has 2 heterocycles. The fraction of sp³-hybridized carbons (Fsp3) is 0.333. The molecule has 0 amide bonds. The molecule has 1 aliphatic heterocycles. The fourth-order valence-electron chi connectivity index (χ4n) is 3.77. The van der Waals surface area contributed by atoms with Crippen LogP contribution in [-0.2, 0) is 13.1 Å². The third kappa shape index (κ3) is 5.07. The van der Waals surface area contributed by atoms with Gasteiger partial charge in [0.25, 0.3) is 0 Å². The van der Waals surface area contributed by atoms with Crippen molar-refractivity contribution in [2.75, 3.05) is 19.7 Å². The van der Waals surface area contributed by atoms with E-state index in [-0.39, 0.29) is 12.4 Å². The number of piperidine rings is 1. The first-order chi connectivity index (χ1) is 15.2. The van der Waals surface area contributed by atoms with Crippen LogP contribution in [0.15, 0.2) is 48.7 Å². The van der Waals surface area contributed by atoms with Crippen LogP contribution in [0.4, 0.5) is 4.39 Å². The summed E-state index contributed by atoms with van der Waals surface area (Å²) in [6, 6.07) is 12.8. The van der Waals surface area contributed by atoms with Crippen LogP contribution in [0.1, 0.15) is 24.0 Å². The molecule has 0 spiro atoms. The second-order valence-corrected chi connectivity index (χ2v) is 7.82. The Bertz CT molecular complexity index is 1020. The van der Waals surface area contributed by atoms with Crippen LogP contribution < -0.4 is 21.5 Å². The molecule has 0 atom stereocenters. The molecular weight excluding hydrogens is 393 g/mol. The van der Waals surface area contributed by atoms with Gasteiger partial charge in [-0.1, -0.05) is 36.4 Å². The summed E-state index contributed by atoms with van der Waals surface area (Å²) in [6.45, 7) is 3.23. The lowest BCUT2D eigenvalue weighted by atomic mass is 9.99. The van der Waals surface area contributed by atoms with E-state index in [0.717, 1.165) is 37.1 Å². The van der Waals surface area contributed by atoms with Gasteiger partial charge in [0.2, 0.25) is 5.88 Å². The number of nitrogens with two attached hydrogens (primary N) is 2. The Balaban J connectivity index is 1.68. The van der Waals surface area contributed by atoms with Crippen LogP contribution >= 0.6 is 0 Å². The average Bonchev–Trinajstić information content (AvgIpc) is 2.83. The maximum atomic E-state index is 14.5. The summed E-state index contributed by atoms with van der Waals surface area (Å²) in [7, 11) is 0. The second kappa shape index (κ2) is 9.96. The van der Waals surface area contributed by atoms with Crippen molar-refractivity contribution in [1.29, 1.82) is 0 Å². The smallest absolute Gasteiger partial charge is 0.232 e. The van der Waals surface area contributed by atoms with E-state index in [1.165, 1.54) is 6.07 Å². The molecule has 0 aliphatic carbocycles. The first kappa shape index (κ1) is 21.4. The molecule has 4 rings (SSSR count). The van der Waals surface area contributed by atoms with Gasteiger partial charge in [0.15, 0.2) is 0 Å². The topological polar surface area (TPSA) is 99.1 Å². The zero-order valence-electron chi connectivity index (χ0n) is 17.5. The molecule has 31 heavy (non-hydrogen) atoms. The number of ether oxygens (including phenoxy) is 1. The lowest BCUT2D eigenvalue weighted by Gasteiger charge is -2.22. The highest BCUT2D eigenvalue weighted by Gasteiger charge is 2.17. The fourth-order valence-corrected chi connectivity index (χ4v) is 3.77. The molecule has 1 saturated heterocycles. The molecule has 2 aromatic carbocycles. The Morgan fingerprint density at radius 3 is 2.39 bits per heavy atom. The molecule has 0 unspecified atom stereocenters. The highest BCUT2D eigenvalue weighted by atomic mass is 19.1. The Hall–Kier alpha value is -2.87. The van der Waals surface area contributed by atoms with Gasteiger partial charge in [0.1, 0.15) is 11.5 Å². The molecule has 162 valence electrons. The highest BCUT2D eigenvalue weighted by molar-refractivity contribution is 5.78. The average molecular weight is 422 g/mol. The molecule has 6 nitrogen and oxygen atoms in total. The standard InChI is InChI=1S/C24H28FN5O/c25-21-11-19(5-6-20(21)13-27)24-23(18-3-1-16(12-26)2-4-18)29-14-22(30-24)31-15-17-7-9-28-10-8-17/h1-6,11,14,17,28H,7-10,12-13,15,26-27H2. The van der Waals surface area contributed by atoms with E-state index in [2.05, 4.69) is 10.3 Å². The summed E-state index contributed by atoms with van der Waals surface area (Å²) in [6.07, 6.45) is 3.80. The van der Waals surface area contributed by atoms with Gasteiger partial charge >= 0.3 is 0 Å². The SMILES string of the molecule is NCc1ccc(-c2ncc(OCC3CCNCC3)nc2-c2ccc(CN)c(F)c2)cc1. The van der Waals surface area contributed by atoms with Crippen LogP contribution in [0.25, 0.3) is 22.5 Å². The van der Waals surface area contributed by atoms with Crippen LogP contribution in [0.5, 0.6) is 5.88 Å². The molecule has 3 aromatic rings. The summed E-state index contributed by atoms with van der Waals surface area (Å²) in [5.74, 6) is 0.586. The van der Waals surface area contributed by atoms with E-state index < -0.39 is 0 Å². The third-order valence-corrected chi connectivity index (χ3v) is 5.69. The van der Waals surface area contributed by atoms with Crippen molar-refractivity contribution in [3.05, 3.63) is 65.6 Å². The van der Waals surface area contributed by atoms with E-state index in [0.29, 0.717) is 47.5 Å². The molecule has 7 heteroatoms. The zero-order valence-corrected chi connectivity index (χ0v) is 17.5. The van der Waals surface area contributed by atoms with Crippen LogP contribution in [0.3, 0.4) is 0 Å². The van der Waals surface area contributed by atoms with Gasteiger partial charge in [-0.15, -0.1) is 0 Å². The predicted octanol–water partition coefficient (Wildman–Crippen LogP) is 3.25. The largest absolute Gasteiger partial charge is 0.476 e. The van der Waals surface area contributed by atoms with Gasteiger partial charge in [-0.25, -0.2) is 14.4 Å². The van der Waals surface area contributed by atoms with Gasteiger partial charge in [-0.05, 0) is 43.5 Å². The van der Waals surface area contributed by atoms with Crippen molar-refractivity contribution in [3.63, 3.8) is 0 Å². The molecule has 1 aliphatic rings. The number of rotatable bonds is 7. The minimum atomic E-state index is -0.354. The van der Waals surface area contributed by atoms with Crippen molar-refractivity contribution in [1.82, 2.24) is 15.3 Å². The minimum absolute atomic E-state index is 0.143. The zero-order chi connectivity index (χ0) is 21.6. The Labute approximate surface area is 181 Å². The lowest BCUT2D eigenvalue weighted by Crippen LogP contribution is -2.30. The van der Waals surface area contributed by atoms with Gasteiger partial charge in [-0.3, -0.25) is 0 Å². The maximum absolute atomic E-state index is 14.5. The molecular formula is C24H28FN5O. The molecule has 5 N–H and O–H groups in total. The number of hydrogen-bond acceptors (Lipinski definition) is 6. The molecule has 0 saturated carbocycles. The van der Waals surface area contributed by atoms with E-state index in [1.54, 1.807) is 12.3 Å². The van der Waals surface area contributed by atoms with E-state index in [9.17, 15) is 4.39 Å². The minimum Gasteiger partial charge on any atom is -0.476 e. The number of halogens is 1. The normalized spacial score (nSPS) is 14.5. The van der Waals surface area contributed by atoms with Gasteiger partial charge < -0.3 is 21.5 Å². The van der Waals surface area contributed by atoms with Crippen LogP contribution in [-0.4, -0.2) is 29.7 Å². The number of nitrogens with zero attached hydrogens (tertiary/aromatic N) is 2. The summed E-state index contributed by atoms with van der Waals surface area (Å²) < 4.78 is 20.5. The Morgan fingerprint density at radius 2 is 1.71 bits per heavy atom. The van der Waals surface area contributed by atoms with Crippen molar-refractivity contribution >= 4 is 0 Å². The van der Waals surface area contributed by atoms with Crippen molar-refractivity contribution < 1.29 is 9.13 Å². The number of benzene rings is 2. The lowest BCUT2D eigenvalue weighted by molar-refractivity contribution is 0.208. The Kier molecular flexibility index (Phi) is 6.86. The summed E-state index contributed by atoms with van der Waals surface area (Å²) in [4.78, 5) is 9.36. The first-order valence-electron chi connectivity index (χ1n) is 10.7. The number of hydrogen-bond donors (Lipinski definition) is 3. The van der Waals surface area contributed by atoms with Crippen molar-refractivity contribution in [2.45, 2.75) is 25.9 Å². The maximum Gasteiger partial charge on any atom is 0.232 e. The van der Waals surface area contributed by atoms with Crippen molar-refractivity contribution in [3.8, 4) is 28.4 Å². The van der Waals surface area contributed by atoms with E-state index in [4.69, 9.17) is 21.2 Å². The predicted molar refractivity (Wildman–Crippen MR) is 120 cm³/mol. The first-order valence-corrected chi connectivity index (χ1v) is 10.7. The van der Waals surface area contributed by atoms with Crippen LogP contribution in [0.2, 0.25) is 0 Å². The van der Waals surface area contributed by atoms with Gasteiger partial charge in [-0.2, -0.15) is 0 Å². The third-order valence-electron chi connectivity index (χ3n) is 5.69. The quantitative estimate of drug-likeness (QED) is 0.542. The summed E-state index contributed by atoms with van der Waals surface area (Å²) >= 11 is 0. The monoisotopic (exact) mass is 421 g/mol. The number of nitrogens with one attached hydrogen (secondary N) is 1. The van der Waals surface area contributed by atoms with Gasteiger partial charge in [0, 0.05) is 29.8 Å². The molecule has 1 aromatic heterocycles. The van der Waals surface area contributed by atoms with Crippen molar-refractivity contribution in [2.24, 2.45) is 17.4 Å². The summed E-state index contributed by atoms with van der Waals surface area (Å²) in [5, 5.41) is 3.36. The van der Waals surface area contributed by atoms with E-state index in [1.807, 2.05) is 30.3 Å². The summed E-state index contributed by atoms with van der Waals surface area (Å²) in [5.41, 5.74) is 15.6. The second-order valence-electron chi connectivity index (χ2n) is 7.82. The van der Waals surface area contributed by atoms with Gasteiger partial charge in [0.05, 0.1) is 18.5 Å². The highest BCUT2D eigenvalue weighted by Crippen LogP contribution is 2.31. The molecule has 0 bridgehead atoms.